The second-order valence-corrected chi connectivity index (χ2v) is 5.02. The van der Waals surface area contributed by atoms with E-state index in [1.807, 2.05) is 0 Å². The van der Waals surface area contributed by atoms with E-state index in [2.05, 4.69) is 41.8 Å². The Morgan fingerprint density at radius 3 is 2.41 bits per heavy atom. The summed E-state index contributed by atoms with van der Waals surface area (Å²) in [6.45, 7) is 8.11. The highest BCUT2D eigenvalue weighted by Gasteiger charge is 2.18. The van der Waals surface area contributed by atoms with E-state index in [4.69, 9.17) is 18.0 Å². The number of nitrogens with two attached hydrogens (primary N) is 1. The predicted molar refractivity (Wildman–Crippen MR) is 76.5 cm³/mol. The van der Waals surface area contributed by atoms with Gasteiger partial charge in [0.15, 0.2) is 5.11 Å². The Morgan fingerprint density at radius 1 is 1.18 bits per heavy atom. The summed E-state index contributed by atoms with van der Waals surface area (Å²) >= 11 is 5.00. The average Bonchev–Trinajstić information content (AvgIpc) is 2.32. The number of nitrogens with zero attached hydrogens (tertiary/aromatic N) is 2. The van der Waals surface area contributed by atoms with E-state index in [9.17, 15) is 0 Å². The molecule has 1 aromatic carbocycles. The molecule has 0 amide bonds. The van der Waals surface area contributed by atoms with Crippen molar-refractivity contribution in [3.63, 3.8) is 0 Å². The molecule has 2 N–H and O–H groups in total. The fourth-order valence-corrected chi connectivity index (χ4v) is 2.41. The van der Waals surface area contributed by atoms with Crippen molar-refractivity contribution in [1.29, 1.82) is 0 Å². The Bertz CT molecular complexity index is 423. The molecule has 0 saturated carbocycles. The van der Waals surface area contributed by atoms with Crippen molar-refractivity contribution in [3.8, 4) is 0 Å². The summed E-state index contributed by atoms with van der Waals surface area (Å²) in [5.41, 5.74) is 9.63. The van der Waals surface area contributed by atoms with Gasteiger partial charge in [-0.15, -0.1) is 0 Å². The topological polar surface area (TPSA) is 32.5 Å². The third-order valence-corrected chi connectivity index (χ3v) is 3.55. The zero-order valence-corrected chi connectivity index (χ0v) is 11.3. The van der Waals surface area contributed by atoms with Crippen LogP contribution in [0.2, 0.25) is 0 Å². The second kappa shape index (κ2) is 4.92. The number of hydrogen-bond donors (Lipinski definition) is 1. The molecule has 0 unspecified atom stereocenters. The molecule has 1 aromatic rings. The highest BCUT2D eigenvalue weighted by molar-refractivity contribution is 7.80. The van der Waals surface area contributed by atoms with Gasteiger partial charge in [-0.05, 0) is 43.3 Å². The third kappa shape index (κ3) is 2.69. The highest BCUT2D eigenvalue weighted by atomic mass is 32.1. The van der Waals surface area contributed by atoms with Gasteiger partial charge in [0.1, 0.15) is 0 Å². The van der Waals surface area contributed by atoms with Crippen molar-refractivity contribution < 1.29 is 0 Å². The maximum atomic E-state index is 5.64. The molecule has 0 bridgehead atoms. The van der Waals surface area contributed by atoms with Crippen molar-refractivity contribution in [3.05, 3.63) is 29.3 Å². The normalized spacial score (nSPS) is 16.1. The van der Waals surface area contributed by atoms with Crippen LogP contribution >= 0.6 is 12.2 Å². The van der Waals surface area contributed by atoms with Crippen molar-refractivity contribution in [2.24, 2.45) is 5.73 Å². The summed E-state index contributed by atoms with van der Waals surface area (Å²) in [5, 5.41) is 0.519. The molecule has 0 atom stereocenters. The van der Waals surface area contributed by atoms with E-state index in [-0.39, 0.29) is 0 Å². The fraction of sp³-hybridized carbons (Fsp3) is 0.462. The zero-order chi connectivity index (χ0) is 12.4. The summed E-state index contributed by atoms with van der Waals surface area (Å²) in [6, 6.07) is 6.60. The number of rotatable bonds is 1. The van der Waals surface area contributed by atoms with Gasteiger partial charge < -0.3 is 15.5 Å². The lowest BCUT2D eigenvalue weighted by Crippen LogP contribution is -2.50. The highest BCUT2D eigenvalue weighted by Crippen LogP contribution is 2.22. The monoisotopic (exact) mass is 249 g/mol. The number of benzene rings is 1. The van der Waals surface area contributed by atoms with Crippen molar-refractivity contribution in [1.82, 2.24) is 4.90 Å². The Kier molecular flexibility index (Phi) is 3.52. The number of piperazine rings is 1. The minimum absolute atomic E-state index is 0.519. The molecule has 17 heavy (non-hydrogen) atoms. The van der Waals surface area contributed by atoms with Crippen molar-refractivity contribution in [2.75, 3.05) is 31.1 Å². The Morgan fingerprint density at radius 2 is 1.82 bits per heavy atom. The molecule has 3 nitrogen and oxygen atoms in total. The molecule has 1 aliphatic rings. The van der Waals surface area contributed by atoms with Gasteiger partial charge in [-0.25, -0.2) is 0 Å². The van der Waals surface area contributed by atoms with Crippen LogP contribution in [0.1, 0.15) is 11.1 Å². The minimum atomic E-state index is 0.519. The third-order valence-electron chi connectivity index (χ3n) is 3.30. The maximum Gasteiger partial charge on any atom is 0.166 e. The van der Waals surface area contributed by atoms with E-state index >= 15 is 0 Å². The summed E-state index contributed by atoms with van der Waals surface area (Å²) < 4.78 is 0. The van der Waals surface area contributed by atoms with Crippen LogP contribution in [0.5, 0.6) is 0 Å². The van der Waals surface area contributed by atoms with Crippen LogP contribution in [-0.4, -0.2) is 36.2 Å². The molecule has 1 saturated heterocycles. The van der Waals surface area contributed by atoms with Gasteiger partial charge in [0.25, 0.3) is 0 Å². The lowest BCUT2D eigenvalue weighted by Gasteiger charge is -2.37. The summed E-state index contributed by atoms with van der Waals surface area (Å²) in [7, 11) is 0. The maximum absolute atomic E-state index is 5.64. The van der Waals surface area contributed by atoms with Gasteiger partial charge in [-0.1, -0.05) is 12.1 Å². The number of aryl methyl sites for hydroxylation is 2. The second-order valence-electron chi connectivity index (χ2n) is 4.60. The van der Waals surface area contributed by atoms with Crippen LogP contribution in [0.25, 0.3) is 0 Å². The van der Waals surface area contributed by atoms with Gasteiger partial charge in [0.2, 0.25) is 0 Å². The Hall–Kier alpha value is -1.29. The first-order chi connectivity index (χ1) is 8.08. The van der Waals surface area contributed by atoms with Gasteiger partial charge in [0, 0.05) is 31.9 Å². The smallest absolute Gasteiger partial charge is 0.166 e. The molecule has 0 aliphatic carbocycles. The molecule has 92 valence electrons. The molecule has 4 heteroatoms. The van der Waals surface area contributed by atoms with Crippen LogP contribution < -0.4 is 10.6 Å². The van der Waals surface area contributed by atoms with Crippen molar-refractivity contribution in [2.45, 2.75) is 13.8 Å². The van der Waals surface area contributed by atoms with E-state index in [0.29, 0.717) is 5.11 Å². The number of hydrogen-bond acceptors (Lipinski definition) is 2. The van der Waals surface area contributed by atoms with Gasteiger partial charge in [0.05, 0.1) is 0 Å². The first-order valence-electron chi connectivity index (χ1n) is 5.94. The molecule has 1 aliphatic heterocycles. The Labute approximate surface area is 108 Å². The molecule has 0 aromatic heterocycles. The van der Waals surface area contributed by atoms with Crippen LogP contribution in [0.15, 0.2) is 18.2 Å². The first-order valence-corrected chi connectivity index (χ1v) is 6.35. The summed E-state index contributed by atoms with van der Waals surface area (Å²) in [6.07, 6.45) is 0. The van der Waals surface area contributed by atoms with E-state index < -0.39 is 0 Å². The SMILES string of the molecule is Cc1ccc(C)c(N2CCN(C(N)=S)CC2)c1. The number of thiocarbonyl (C=S) groups is 1. The van der Waals surface area contributed by atoms with Crippen LogP contribution in [-0.2, 0) is 0 Å². The quantitative estimate of drug-likeness (QED) is 0.767. The van der Waals surface area contributed by atoms with E-state index in [1.54, 1.807) is 0 Å². The number of anilines is 1. The van der Waals surface area contributed by atoms with Crippen LogP contribution in [0, 0.1) is 13.8 Å². The van der Waals surface area contributed by atoms with E-state index in [0.717, 1.165) is 26.2 Å². The molecular weight excluding hydrogens is 230 g/mol. The van der Waals surface area contributed by atoms with Crippen LogP contribution in [0.3, 0.4) is 0 Å². The largest absolute Gasteiger partial charge is 0.376 e. The van der Waals surface area contributed by atoms with Crippen molar-refractivity contribution >= 4 is 23.0 Å². The lowest BCUT2D eigenvalue weighted by atomic mass is 10.1. The lowest BCUT2D eigenvalue weighted by molar-refractivity contribution is 0.388. The van der Waals surface area contributed by atoms with Gasteiger partial charge >= 0.3 is 0 Å². The average molecular weight is 249 g/mol. The van der Waals surface area contributed by atoms with Crippen LogP contribution in [0.4, 0.5) is 5.69 Å². The zero-order valence-electron chi connectivity index (χ0n) is 10.4. The van der Waals surface area contributed by atoms with E-state index in [1.165, 1.54) is 16.8 Å². The summed E-state index contributed by atoms with van der Waals surface area (Å²) in [4.78, 5) is 4.48. The molecule has 1 heterocycles. The molecule has 0 radical (unpaired) electrons. The van der Waals surface area contributed by atoms with Gasteiger partial charge in [-0.2, -0.15) is 0 Å². The predicted octanol–water partition coefficient (Wildman–Crippen LogP) is 1.67. The van der Waals surface area contributed by atoms with Gasteiger partial charge in [-0.3, -0.25) is 0 Å². The summed E-state index contributed by atoms with van der Waals surface area (Å²) in [5.74, 6) is 0. The molecular formula is C13H19N3S. The molecule has 0 spiro atoms. The standard InChI is InChI=1S/C13H19N3S/c1-10-3-4-11(2)12(9-10)15-5-7-16(8-6-15)13(14)17/h3-4,9H,5-8H2,1-2H3,(H2,14,17). The fourth-order valence-electron chi connectivity index (χ4n) is 2.23. The molecule has 1 fully saturated rings. The molecule has 2 rings (SSSR count). The Balaban J connectivity index is 2.10. The minimum Gasteiger partial charge on any atom is -0.376 e. The first kappa shape index (κ1) is 12.2.